The van der Waals surface area contributed by atoms with Gasteiger partial charge in [0.05, 0.1) is 12.7 Å². The topological polar surface area (TPSA) is 33.4 Å². The number of fused-ring (bicyclic) bond motifs is 1. The molecule has 1 atom stereocenters. The van der Waals surface area contributed by atoms with Gasteiger partial charge in [-0.2, -0.15) is 0 Å². The van der Waals surface area contributed by atoms with Crippen molar-refractivity contribution >= 4 is 23.2 Å². The zero-order valence-corrected chi connectivity index (χ0v) is 13.2. The number of alkyl halides is 1. The quantitative estimate of drug-likeness (QED) is 0.796. The second-order valence-corrected chi connectivity index (χ2v) is 5.33. The second-order valence-electron chi connectivity index (χ2n) is 4.53. The van der Waals surface area contributed by atoms with Gasteiger partial charge in [-0.1, -0.05) is 13.8 Å². The van der Waals surface area contributed by atoms with E-state index in [1.807, 2.05) is 48.7 Å². The van der Waals surface area contributed by atoms with E-state index in [9.17, 15) is 4.39 Å². The van der Waals surface area contributed by atoms with Gasteiger partial charge in [0.2, 0.25) is 0 Å². The van der Waals surface area contributed by atoms with Gasteiger partial charge < -0.3 is 4.90 Å². The molecule has 1 unspecified atom stereocenters. The number of rotatable bonds is 2. The molecule has 6 heteroatoms. The van der Waals surface area contributed by atoms with Crippen LogP contribution in [-0.2, 0) is 0 Å². The SMILES string of the molecule is CC.CSc1nc(N2CCC(F)C2)cn2c(C)cnc12. The number of aryl methyl sites for hydroxylation is 1. The number of aromatic nitrogens is 3. The van der Waals surface area contributed by atoms with E-state index >= 15 is 0 Å². The monoisotopic (exact) mass is 296 g/mol. The van der Waals surface area contributed by atoms with E-state index in [0.717, 1.165) is 28.7 Å². The van der Waals surface area contributed by atoms with E-state index < -0.39 is 6.17 Å². The summed E-state index contributed by atoms with van der Waals surface area (Å²) < 4.78 is 15.3. The van der Waals surface area contributed by atoms with E-state index in [1.165, 1.54) is 0 Å². The van der Waals surface area contributed by atoms with E-state index in [4.69, 9.17) is 0 Å². The van der Waals surface area contributed by atoms with Gasteiger partial charge in [-0.3, -0.25) is 4.40 Å². The summed E-state index contributed by atoms with van der Waals surface area (Å²) in [4.78, 5) is 11.0. The molecule has 0 saturated carbocycles. The summed E-state index contributed by atoms with van der Waals surface area (Å²) in [6.45, 7) is 7.19. The van der Waals surface area contributed by atoms with Crippen molar-refractivity contribution in [3.63, 3.8) is 0 Å². The molecule has 20 heavy (non-hydrogen) atoms. The van der Waals surface area contributed by atoms with Crippen molar-refractivity contribution in [3.05, 3.63) is 18.1 Å². The summed E-state index contributed by atoms with van der Waals surface area (Å²) in [5, 5.41) is 0.892. The normalized spacial score (nSPS) is 18.2. The lowest BCUT2D eigenvalue weighted by Crippen LogP contribution is -2.21. The van der Waals surface area contributed by atoms with Crippen LogP contribution >= 0.6 is 11.8 Å². The van der Waals surface area contributed by atoms with E-state index in [-0.39, 0.29) is 0 Å². The van der Waals surface area contributed by atoms with Gasteiger partial charge in [-0.25, -0.2) is 14.4 Å². The molecule has 0 N–H and O–H groups in total. The highest BCUT2D eigenvalue weighted by molar-refractivity contribution is 7.98. The lowest BCUT2D eigenvalue weighted by atomic mass is 10.3. The molecule has 1 aliphatic rings. The van der Waals surface area contributed by atoms with Crippen LogP contribution in [0.5, 0.6) is 0 Å². The summed E-state index contributed by atoms with van der Waals surface area (Å²) in [7, 11) is 0. The van der Waals surface area contributed by atoms with Crippen LogP contribution in [0.2, 0.25) is 0 Å². The highest BCUT2D eigenvalue weighted by Gasteiger charge is 2.24. The molecule has 3 rings (SSSR count). The maximum absolute atomic E-state index is 13.3. The Balaban J connectivity index is 0.000000704. The van der Waals surface area contributed by atoms with Gasteiger partial charge in [0.15, 0.2) is 5.65 Å². The molecule has 1 saturated heterocycles. The van der Waals surface area contributed by atoms with Crippen molar-refractivity contribution in [1.82, 2.24) is 14.4 Å². The van der Waals surface area contributed by atoms with Gasteiger partial charge in [-0.05, 0) is 19.6 Å². The highest BCUT2D eigenvalue weighted by Crippen LogP contribution is 2.26. The van der Waals surface area contributed by atoms with Crippen LogP contribution < -0.4 is 4.90 Å². The third kappa shape index (κ3) is 2.75. The van der Waals surface area contributed by atoms with E-state index in [2.05, 4.69) is 9.97 Å². The first kappa shape index (κ1) is 15.1. The summed E-state index contributed by atoms with van der Waals surface area (Å²) >= 11 is 1.57. The molecular formula is C14H21FN4S. The summed E-state index contributed by atoms with van der Waals surface area (Å²) in [6, 6.07) is 0. The average molecular weight is 296 g/mol. The molecule has 3 heterocycles. The Morgan fingerprint density at radius 2 is 2.15 bits per heavy atom. The van der Waals surface area contributed by atoms with Crippen molar-refractivity contribution in [3.8, 4) is 0 Å². The Morgan fingerprint density at radius 3 is 2.75 bits per heavy atom. The summed E-state index contributed by atoms with van der Waals surface area (Å²) in [5.41, 5.74) is 1.94. The Kier molecular flexibility index (Phi) is 4.86. The summed E-state index contributed by atoms with van der Waals surface area (Å²) in [5.74, 6) is 0.841. The van der Waals surface area contributed by atoms with Crippen molar-refractivity contribution in [1.29, 1.82) is 0 Å². The molecule has 0 spiro atoms. The minimum atomic E-state index is -0.732. The third-order valence-corrected chi connectivity index (χ3v) is 3.94. The van der Waals surface area contributed by atoms with Crippen LogP contribution in [0.15, 0.2) is 17.4 Å². The molecule has 2 aromatic heterocycles. The Hall–Kier alpha value is -1.30. The Labute approximate surface area is 123 Å². The smallest absolute Gasteiger partial charge is 0.169 e. The van der Waals surface area contributed by atoms with Gasteiger partial charge in [0.1, 0.15) is 17.0 Å². The number of thioether (sulfide) groups is 1. The van der Waals surface area contributed by atoms with Crippen LogP contribution in [0.4, 0.5) is 10.2 Å². The lowest BCUT2D eigenvalue weighted by molar-refractivity contribution is 0.364. The Morgan fingerprint density at radius 1 is 1.40 bits per heavy atom. The van der Waals surface area contributed by atoms with E-state index in [1.54, 1.807) is 11.8 Å². The van der Waals surface area contributed by atoms with E-state index in [0.29, 0.717) is 13.0 Å². The first-order valence-electron chi connectivity index (χ1n) is 6.96. The van der Waals surface area contributed by atoms with Gasteiger partial charge >= 0.3 is 0 Å². The third-order valence-electron chi connectivity index (χ3n) is 3.28. The number of nitrogens with zero attached hydrogens (tertiary/aromatic N) is 4. The number of anilines is 1. The van der Waals surface area contributed by atoms with Crippen molar-refractivity contribution < 1.29 is 4.39 Å². The van der Waals surface area contributed by atoms with Crippen LogP contribution in [0.25, 0.3) is 5.65 Å². The molecule has 0 aromatic carbocycles. The zero-order valence-electron chi connectivity index (χ0n) is 12.4. The molecule has 0 bridgehead atoms. The average Bonchev–Trinajstić information content (AvgIpc) is 3.07. The first-order valence-corrected chi connectivity index (χ1v) is 8.19. The largest absolute Gasteiger partial charge is 0.352 e. The molecule has 0 aliphatic carbocycles. The number of hydrogen-bond donors (Lipinski definition) is 0. The molecule has 0 amide bonds. The lowest BCUT2D eigenvalue weighted by Gasteiger charge is -2.17. The van der Waals surface area contributed by atoms with Gasteiger partial charge in [0, 0.05) is 18.4 Å². The van der Waals surface area contributed by atoms with Gasteiger partial charge in [-0.15, -0.1) is 11.8 Å². The fourth-order valence-corrected chi connectivity index (χ4v) is 2.80. The molecule has 110 valence electrons. The first-order chi connectivity index (χ1) is 9.69. The number of hydrogen-bond acceptors (Lipinski definition) is 4. The van der Waals surface area contributed by atoms with Crippen molar-refractivity contribution in [2.45, 2.75) is 38.4 Å². The second kappa shape index (κ2) is 6.43. The number of imidazole rings is 1. The van der Waals surface area contributed by atoms with Gasteiger partial charge in [0.25, 0.3) is 0 Å². The minimum absolute atomic E-state index is 0.445. The van der Waals surface area contributed by atoms with Crippen LogP contribution in [0.3, 0.4) is 0 Å². The predicted molar refractivity (Wildman–Crippen MR) is 82.6 cm³/mol. The fourth-order valence-electron chi connectivity index (χ4n) is 2.28. The fraction of sp³-hybridized carbons (Fsp3) is 0.571. The van der Waals surface area contributed by atoms with Crippen molar-refractivity contribution in [2.24, 2.45) is 0 Å². The van der Waals surface area contributed by atoms with Crippen LogP contribution in [-0.4, -0.2) is 39.9 Å². The summed E-state index contributed by atoms with van der Waals surface area (Å²) in [6.07, 6.45) is 5.64. The molecule has 0 radical (unpaired) electrons. The molecule has 1 fully saturated rings. The maximum Gasteiger partial charge on any atom is 0.169 e. The zero-order chi connectivity index (χ0) is 14.7. The maximum atomic E-state index is 13.3. The van der Waals surface area contributed by atoms with Crippen LogP contribution in [0, 0.1) is 6.92 Å². The number of halogens is 1. The van der Waals surface area contributed by atoms with Crippen molar-refractivity contribution in [2.75, 3.05) is 24.2 Å². The van der Waals surface area contributed by atoms with Crippen LogP contribution in [0.1, 0.15) is 26.0 Å². The molecule has 4 nitrogen and oxygen atoms in total. The Bertz CT molecular complexity index is 584. The predicted octanol–water partition coefficient (Wildman–Crippen LogP) is 3.33. The standard InChI is InChI=1S/C12H15FN4S.C2H6/c1-8-5-14-11-12(18-2)15-10(7-17(8)11)16-4-3-9(13)6-16;1-2/h5,7,9H,3-4,6H2,1-2H3;1-2H3. The minimum Gasteiger partial charge on any atom is -0.352 e. The molecular weight excluding hydrogens is 275 g/mol. The highest BCUT2D eigenvalue weighted by atomic mass is 32.2. The molecule has 2 aromatic rings. The molecule has 1 aliphatic heterocycles.